The number of aromatic nitrogens is 3. The van der Waals surface area contributed by atoms with Crippen LogP contribution in [0, 0.1) is 0 Å². The zero-order valence-corrected chi connectivity index (χ0v) is 14.6. The van der Waals surface area contributed by atoms with Crippen molar-refractivity contribution in [3.05, 3.63) is 48.2 Å². The summed E-state index contributed by atoms with van der Waals surface area (Å²) in [7, 11) is 0. The normalized spacial score (nSPS) is 12.1. The molecule has 3 rings (SSSR count). The van der Waals surface area contributed by atoms with E-state index in [1.807, 2.05) is 37.3 Å². The van der Waals surface area contributed by atoms with Gasteiger partial charge in [0.05, 0.1) is 22.8 Å². The van der Waals surface area contributed by atoms with E-state index in [9.17, 15) is 14.7 Å². The van der Waals surface area contributed by atoms with Crippen molar-refractivity contribution < 1.29 is 14.7 Å². The monoisotopic (exact) mass is 352 g/mol. The molecular formula is C19H20N4O3. The lowest BCUT2D eigenvalue weighted by Gasteiger charge is -2.13. The van der Waals surface area contributed by atoms with Gasteiger partial charge in [-0.1, -0.05) is 37.3 Å². The quantitative estimate of drug-likeness (QED) is 0.711. The van der Waals surface area contributed by atoms with Crippen molar-refractivity contribution in [3.63, 3.8) is 0 Å². The van der Waals surface area contributed by atoms with Gasteiger partial charge in [-0.15, -0.1) is 0 Å². The maximum atomic E-state index is 12.8. The Morgan fingerprint density at radius 2 is 1.96 bits per heavy atom. The number of fused-ring (bicyclic) bond motifs is 1. The average Bonchev–Trinajstić information content (AvgIpc) is 3.08. The van der Waals surface area contributed by atoms with Crippen molar-refractivity contribution in [1.82, 2.24) is 20.1 Å². The van der Waals surface area contributed by atoms with Crippen LogP contribution in [0.5, 0.6) is 0 Å². The summed E-state index contributed by atoms with van der Waals surface area (Å²) >= 11 is 0. The predicted octanol–water partition coefficient (Wildman–Crippen LogP) is 2.71. The second-order valence-corrected chi connectivity index (χ2v) is 5.89. The highest BCUT2D eigenvalue weighted by atomic mass is 16.4. The van der Waals surface area contributed by atoms with Crippen molar-refractivity contribution >= 4 is 22.9 Å². The van der Waals surface area contributed by atoms with Gasteiger partial charge in [-0.05, 0) is 19.4 Å². The Morgan fingerprint density at radius 3 is 2.58 bits per heavy atom. The van der Waals surface area contributed by atoms with Crippen LogP contribution in [0.1, 0.15) is 30.6 Å². The van der Waals surface area contributed by atoms with E-state index in [0.29, 0.717) is 35.3 Å². The maximum absolute atomic E-state index is 12.8. The fourth-order valence-electron chi connectivity index (χ4n) is 2.80. The average molecular weight is 352 g/mol. The molecular weight excluding hydrogens is 332 g/mol. The van der Waals surface area contributed by atoms with Gasteiger partial charge in [-0.3, -0.25) is 4.79 Å². The lowest BCUT2D eigenvalue weighted by Crippen LogP contribution is -2.40. The minimum Gasteiger partial charge on any atom is -0.480 e. The number of amides is 1. The van der Waals surface area contributed by atoms with Gasteiger partial charge in [0.2, 0.25) is 0 Å². The first kappa shape index (κ1) is 17.6. The van der Waals surface area contributed by atoms with Gasteiger partial charge < -0.3 is 10.4 Å². The summed E-state index contributed by atoms with van der Waals surface area (Å²) in [5, 5.41) is 16.7. The molecule has 3 aromatic rings. The number of carbonyl (C=O) groups excluding carboxylic acids is 1. The van der Waals surface area contributed by atoms with Gasteiger partial charge in [-0.25, -0.2) is 14.5 Å². The number of nitrogens with one attached hydrogen (secondary N) is 1. The number of benzene rings is 1. The molecule has 2 N–H and O–H groups in total. The van der Waals surface area contributed by atoms with Crippen LogP contribution in [-0.4, -0.2) is 37.8 Å². The molecule has 2 heterocycles. The number of aliphatic carboxylic acids is 1. The first-order chi connectivity index (χ1) is 12.5. The first-order valence-corrected chi connectivity index (χ1v) is 8.50. The largest absolute Gasteiger partial charge is 0.480 e. The second kappa shape index (κ2) is 7.35. The van der Waals surface area contributed by atoms with Gasteiger partial charge in [-0.2, -0.15) is 5.10 Å². The lowest BCUT2D eigenvalue weighted by molar-refractivity contribution is -0.139. The van der Waals surface area contributed by atoms with Crippen LogP contribution in [0.15, 0.2) is 42.6 Å². The minimum atomic E-state index is -1.06. The van der Waals surface area contributed by atoms with Crippen LogP contribution in [0.4, 0.5) is 0 Å². The third-order valence-corrected chi connectivity index (χ3v) is 4.23. The van der Waals surface area contributed by atoms with Crippen molar-refractivity contribution in [2.24, 2.45) is 0 Å². The van der Waals surface area contributed by atoms with Crippen LogP contribution < -0.4 is 5.32 Å². The summed E-state index contributed by atoms with van der Waals surface area (Å²) in [5.41, 5.74) is 2.48. The Hall–Kier alpha value is -3.22. The topological polar surface area (TPSA) is 97.1 Å². The van der Waals surface area contributed by atoms with Crippen LogP contribution in [0.2, 0.25) is 0 Å². The smallest absolute Gasteiger partial charge is 0.326 e. The highest BCUT2D eigenvalue weighted by Gasteiger charge is 2.22. The summed E-state index contributed by atoms with van der Waals surface area (Å²) in [6.45, 7) is 4.27. The number of aryl methyl sites for hydroxylation is 1. The van der Waals surface area contributed by atoms with Crippen LogP contribution in [-0.2, 0) is 11.3 Å². The third-order valence-electron chi connectivity index (χ3n) is 4.23. The molecule has 0 aliphatic carbocycles. The van der Waals surface area contributed by atoms with Gasteiger partial charge in [0.25, 0.3) is 5.91 Å². The summed E-state index contributed by atoms with van der Waals surface area (Å²) < 4.78 is 1.72. The Labute approximate surface area is 150 Å². The molecule has 134 valence electrons. The van der Waals surface area contributed by atoms with Crippen molar-refractivity contribution in [2.45, 2.75) is 32.9 Å². The van der Waals surface area contributed by atoms with Crippen LogP contribution in [0.3, 0.4) is 0 Å². The highest BCUT2D eigenvalue weighted by Crippen LogP contribution is 2.25. The molecule has 7 heteroatoms. The molecule has 0 fully saturated rings. The number of nitrogens with zero attached hydrogens (tertiary/aromatic N) is 3. The van der Waals surface area contributed by atoms with E-state index in [0.717, 1.165) is 5.56 Å². The number of carboxylic acid groups (broad SMARTS) is 1. The number of carboxylic acids is 1. The maximum Gasteiger partial charge on any atom is 0.326 e. The van der Waals surface area contributed by atoms with E-state index in [4.69, 9.17) is 0 Å². The zero-order valence-electron chi connectivity index (χ0n) is 14.6. The molecule has 0 radical (unpaired) electrons. The van der Waals surface area contributed by atoms with E-state index >= 15 is 0 Å². The molecule has 1 unspecified atom stereocenters. The Balaban J connectivity index is 2.12. The SMILES string of the molecule is CCC(NC(=O)c1cc(-c2ccccc2)nc2c1cnn2CC)C(=O)O. The molecule has 7 nitrogen and oxygen atoms in total. The van der Waals surface area contributed by atoms with Crippen molar-refractivity contribution in [3.8, 4) is 11.3 Å². The molecule has 1 aromatic carbocycles. The third kappa shape index (κ3) is 3.28. The van der Waals surface area contributed by atoms with E-state index < -0.39 is 17.9 Å². The fraction of sp³-hybridized carbons (Fsp3) is 0.263. The van der Waals surface area contributed by atoms with Crippen molar-refractivity contribution in [1.29, 1.82) is 0 Å². The molecule has 0 aliphatic rings. The van der Waals surface area contributed by atoms with Crippen LogP contribution >= 0.6 is 0 Å². The summed E-state index contributed by atoms with van der Waals surface area (Å²) in [4.78, 5) is 28.7. The molecule has 1 amide bonds. The summed E-state index contributed by atoms with van der Waals surface area (Å²) in [5.74, 6) is -1.50. The van der Waals surface area contributed by atoms with E-state index in [1.54, 1.807) is 23.9 Å². The molecule has 1 atom stereocenters. The molecule has 0 aliphatic heterocycles. The Bertz CT molecular complexity index is 950. The number of pyridine rings is 1. The minimum absolute atomic E-state index is 0.301. The molecule has 0 bridgehead atoms. The van der Waals surface area contributed by atoms with E-state index in [2.05, 4.69) is 15.4 Å². The van der Waals surface area contributed by atoms with Gasteiger partial charge in [0.1, 0.15) is 6.04 Å². The molecule has 2 aromatic heterocycles. The number of hydrogen-bond donors (Lipinski definition) is 2. The predicted molar refractivity (Wildman–Crippen MR) is 97.8 cm³/mol. The summed E-state index contributed by atoms with van der Waals surface area (Å²) in [6, 6.07) is 10.3. The number of carbonyl (C=O) groups is 2. The second-order valence-electron chi connectivity index (χ2n) is 5.89. The standard InChI is InChI=1S/C19H20N4O3/c1-3-15(19(25)26)22-18(24)13-10-16(12-8-6-5-7-9-12)21-17-14(13)11-20-23(17)4-2/h5-11,15H,3-4H2,1-2H3,(H,22,24)(H,25,26). The molecule has 0 saturated heterocycles. The summed E-state index contributed by atoms with van der Waals surface area (Å²) in [6.07, 6.45) is 1.90. The molecule has 0 saturated carbocycles. The first-order valence-electron chi connectivity index (χ1n) is 8.50. The molecule has 26 heavy (non-hydrogen) atoms. The fourth-order valence-corrected chi connectivity index (χ4v) is 2.80. The van der Waals surface area contributed by atoms with Gasteiger partial charge in [0, 0.05) is 12.1 Å². The number of hydrogen-bond acceptors (Lipinski definition) is 4. The highest BCUT2D eigenvalue weighted by molar-refractivity contribution is 6.07. The zero-order chi connectivity index (χ0) is 18.7. The van der Waals surface area contributed by atoms with Crippen LogP contribution in [0.25, 0.3) is 22.3 Å². The van der Waals surface area contributed by atoms with Gasteiger partial charge >= 0.3 is 5.97 Å². The van der Waals surface area contributed by atoms with E-state index in [1.165, 1.54) is 0 Å². The Kier molecular flexibility index (Phi) is 4.97. The van der Waals surface area contributed by atoms with E-state index in [-0.39, 0.29) is 0 Å². The molecule has 0 spiro atoms. The van der Waals surface area contributed by atoms with Gasteiger partial charge in [0.15, 0.2) is 5.65 Å². The number of rotatable bonds is 6. The Morgan fingerprint density at radius 1 is 1.23 bits per heavy atom. The lowest BCUT2D eigenvalue weighted by atomic mass is 10.1. The van der Waals surface area contributed by atoms with Crippen molar-refractivity contribution in [2.75, 3.05) is 0 Å².